The average molecular weight is 406 g/mol. The van der Waals surface area contributed by atoms with Gasteiger partial charge in [0.25, 0.3) is 11.8 Å². The van der Waals surface area contributed by atoms with Gasteiger partial charge in [0.05, 0.1) is 11.8 Å². The number of piperazine rings is 1. The van der Waals surface area contributed by atoms with E-state index in [0.29, 0.717) is 47.9 Å². The Kier molecular flexibility index (Phi) is 3.91. The molecule has 0 aliphatic carbocycles. The molecular formula is C17H16BrN3O4. The van der Waals surface area contributed by atoms with E-state index in [0.717, 1.165) is 5.52 Å². The second kappa shape index (κ2) is 6.11. The molecule has 0 spiro atoms. The Morgan fingerprint density at radius 2 is 1.76 bits per heavy atom. The number of hydrogen-bond acceptors (Lipinski definition) is 4. The summed E-state index contributed by atoms with van der Waals surface area (Å²) in [7, 11) is 1.84. The van der Waals surface area contributed by atoms with Crippen molar-refractivity contribution < 1.29 is 18.4 Å². The monoisotopic (exact) mass is 405 g/mol. The maximum absolute atomic E-state index is 12.8. The zero-order chi connectivity index (χ0) is 17.6. The zero-order valence-electron chi connectivity index (χ0n) is 13.6. The fraction of sp³-hybridized carbons (Fsp3) is 0.294. The molecule has 2 amide bonds. The van der Waals surface area contributed by atoms with Crippen molar-refractivity contribution in [2.45, 2.75) is 0 Å². The Labute approximate surface area is 151 Å². The van der Waals surface area contributed by atoms with Gasteiger partial charge in [0.1, 0.15) is 5.69 Å². The van der Waals surface area contributed by atoms with E-state index in [-0.39, 0.29) is 11.8 Å². The first-order valence-electron chi connectivity index (χ1n) is 7.91. The molecule has 1 aliphatic rings. The van der Waals surface area contributed by atoms with Crippen LogP contribution in [0.15, 0.2) is 44.0 Å². The first-order valence-corrected chi connectivity index (χ1v) is 8.70. The number of furan rings is 2. The van der Waals surface area contributed by atoms with Crippen LogP contribution in [0, 0.1) is 0 Å². The molecule has 0 radical (unpaired) electrons. The number of carbonyl (C=O) groups is 2. The molecule has 7 nitrogen and oxygen atoms in total. The first kappa shape index (κ1) is 16.0. The third-order valence-electron chi connectivity index (χ3n) is 4.51. The number of amides is 2. The summed E-state index contributed by atoms with van der Waals surface area (Å²) in [6, 6.07) is 6.93. The molecule has 3 aromatic rings. The summed E-state index contributed by atoms with van der Waals surface area (Å²) in [5.41, 5.74) is 2.11. The lowest BCUT2D eigenvalue weighted by atomic mass is 10.2. The van der Waals surface area contributed by atoms with E-state index in [1.165, 1.54) is 6.26 Å². The van der Waals surface area contributed by atoms with Gasteiger partial charge in [-0.2, -0.15) is 0 Å². The molecule has 0 N–H and O–H groups in total. The lowest BCUT2D eigenvalue weighted by Gasteiger charge is -2.34. The molecule has 1 saturated heterocycles. The van der Waals surface area contributed by atoms with Gasteiger partial charge in [-0.05, 0) is 28.1 Å². The predicted molar refractivity (Wildman–Crippen MR) is 93.4 cm³/mol. The van der Waals surface area contributed by atoms with Crippen molar-refractivity contribution in [3.63, 3.8) is 0 Å². The van der Waals surface area contributed by atoms with Crippen molar-refractivity contribution in [3.8, 4) is 0 Å². The van der Waals surface area contributed by atoms with Crippen LogP contribution in [0.3, 0.4) is 0 Å². The maximum atomic E-state index is 12.8. The van der Waals surface area contributed by atoms with E-state index in [2.05, 4.69) is 15.9 Å². The summed E-state index contributed by atoms with van der Waals surface area (Å²) in [5.74, 6) is 0.126. The molecule has 0 atom stereocenters. The Balaban J connectivity index is 1.46. The third kappa shape index (κ3) is 2.76. The summed E-state index contributed by atoms with van der Waals surface area (Å²) in [6.45, 7) is 1.94. The summed E-state index contributed by atoms with van der Waals surface area (Å²) in [5, 5.41) is 0. The van der Waals surface area contributed by atoms with Crippen molar-refractivity contribution in [3.05, 3.63) is 46.7 Å². The normalized spacial score (nSPS) is 15.1. The van der Waals surface area contributed by atoms with Crippen LogP contribution in [0.1, 0.15) is 21.0 Å². The van der Waals surface area contributed by atoms with E-state index >= 15 is 0 Å². The van der Waals surface area contributed by atoms with E-state index in [1.807, 2.05) is 17.7 Å². The molecule has 3 aromatic heterocycles. The predicted octanol–water partition coefficient (Wildman–Crippen LogP) is 2.73. The Morgan fingerprint density at radius 3 is 2.36 bits per heavy atom. The van der Waals surface area contributed by atoms with Crippen LogP contribution in [0.2, 0.25) is 0 Å². The van der Waals surface area contributed by atoms with Gasteiger partial charge in [0.2, 0.25) is 0 Å². The van der Waals surface area contributed by atoms with Crippen LogP contribution in [-0.2, 0) is 7.05 Å². The average Bonchev–Trinajstić information content (AvgIpc) is 3.32. The molecule has 4 heterocycles. The fourth-order valence-electron chi connectivity index (χ4n) is 3.12. The number of nitrogens with zero attached hydrogens (tertiary/aromatic N) is 3. The quantitative estimate of drug-likeness (QED) is 0.656. The SMILES string of the molecule is Cn1c(C(=O)N2CCN(C(=O)c3ccco3)CC2)cc2oc(Br)cc21. The Bertz CT molecular complexity index is 933. The van der Waals surface area contributed by atoms with Crippen LogP contribution in [0.4, 0.5) is 0 Å². The fourth-order valence-corrected chi connectivity index (χ4v) is 3.51. The molecule has 0 aromatic carbocycles. The number of halogens is 1. The lowest BCUT2D eigenvalue weighted by Crippen LogP contribution is -2.50. The van der Waals surface area contributed by atoms with Gasteiger partial charge in [-0.3, -0.25) is 9.59 Å². The van der Waals surface area contributed by atoms with Gasteiger partial charge in [-0.1, -0.05) is 0 Å². The van der Waals surface area contributed by atoms with E-state index < -0.39 is 0 Å². The summed E-state index contributed by atoms with van der Waals surface area (Å²) >= 11 is 3.29. The van der Waals surface area contributed by atoms with Crippen LogP contribution in [0.5, 0.6) is 0 Å². The van der Waals surface area contributed by atoms with Crippen LogP contribution < -0.4 is 0 Å². The summed E-state index contributed by atoms with van der Waals surface area (Å²) in [4.78, 5) is 28.6. The Hall–Kier alpha value is -2.48. The van der Waals surface area contributed by atoms with Crippen molar-refractivity contribution in [1.29, 1.82) is 0 Å². The molecule has 1 aliphatic heterocycles. The summed E-state index contributed by atoms with van der Waals surface area (Å²) in [6.07, 6.45) is 1.48. The van der Waals surface area contributed by atoms with E-state index in [9.17, 15) is 9.59 Å². The highest BCUT2D eigenvalue weighted by Crippen LogP contribution is 2.27. The molecular weight excluding hydrogens is 390 g/mol. The lowest BCUT2D eigenvalue weighted by molar-refractivity contribution is 0.0513. The number of rotatable bonds is 2. The number of aryl methyl sites for hydroxylation is 1. The molecule has 0 saturated carbocycles. The Morgan fingerprint density at radius 1 is 1.08 bits per heavy atom. The van der Waals surface area contributed by atoms with Crippen molar-refractivity contribution >= 4 is 38.8 Å². The molecule has 0 bridgehead atoms. The first-order chi connectivity index (χ1) is 12.0. The van der Waals surface area contributed by atoms with Crippen LogP contribution >= 0.6 is 15.9 Å². The zero-order valence-corrected chi connectivity index (χ0v) is 15.2. The highest BCUT2D eigenvalue weighted by Gasteiger charge is 2.28. The molecule has 130 valence electrons. The van der Waals surface area contributed by atoms with Gasteiger partial charge in [-0.15, -0.1) is 0 Å². The molecule has 0 unspecified atom stereocenters. The third-order valence-corrected chi connectivity index (χ3v) is 4.90. The van der Waals surface area contributed by atoms with Gasteiger partial charge in [0.15, 0.2) is 16.0 Å². The minimum Gasteiger partial charge on any atom is -0.459 e. The van der Waals surface area contributed by atoms with Gasteiger partial charge >= 0.3 is 0 Å². The van der Waals surface area contributed by atoms with Gasteiger partial charge in [0, 0.05) is 45.4 Å². The van der Waals surface area contributed by atoms with Crippen LogP contribution in [-0.4, -0.2) is 52.4 Å². The van der Waals surface area contributed by atoms with Crippen molar-refractivity contribution in [2.75, 3.05) is 26.2 Å². The van der Waals surface area contributed by atoms with Gasteiger partial charge < -0.3 is 23.2 Å². The highest BCUT2D eigenvalue weighted by atomic mass is 79.9. The molecule has 4 rings (SSSR count). The topological polar surface area (TPSA) is 71.8 Å². The minimum atomic E-state index is -0.140. The van der Waals surface area contributed by atoms with E-state index in [1.54, 1.807) is 28.0 Å². The number of hydrogen-bond donors (Lipinski definition) is 0. The minimum absolute atomic E-state index is 0.0601. The van der Waals surface area contributed by atoms with Crippen molar-refractivity contribution in [1.82, 2.24) is 14.4 Å². The molecule has 8 heteroatoms. The van der Waals surface area contributed by atoms with Crippen molar-refractivity contribution in [2.24, 2.45) is 7.05 Å². The smallest absolute Gasteiger partial charge is 0.289 e. The van der Waals surface area contributed by atoms with Crippen LogP contribution in [0.25, 0.3) is 11.1 Å². The number of aromatic nitrogens is 1. The number of fused-ring (bicyclic) bond motifs is 1. The van der Waals surface area contributed by atoms with Gasteiger partial charge in [-0.25, -0.2) is 0 Å². The van der Waals surface area contributed by atoms with E-state index in [4.69, 9.17) is 8.83 Å². The largest absolute Gasteiger partial charge is 0.459 e. The number of carbonyl (C=O) groups excluding carboxylic acids is 2. The highest BCUT2D eigenvalue weighted by molar-refractivity contribution is 9.10. The standard InChI is InChI=1S/C17H16BrN3O4/c1-19-11-10-15(18)25-14(11)9-12(19)16(22)20-4-6-21(7-5-20)17(23)13-3-2-8-24-13/h2-3,8-10H,4-7H2,1H3. The molecule has 25 heavy (non-hydrogen) atoms. The summed E-state index contributed by atoms with van der Waals surface area (Å²) < 4.78 is 13.1. The second-order valence-electron chi connectivity index (χ2n) is 5.95. The molecule has 1 fully saturated rings. The maximum Gasteiger partial charge on any atom is 0.289 e. The second-order valence-corrected chi connectivity index (χ2v) is 6.73.